The molecule has 1 fully saturated rings. The Morgan fingerprint density at radius 3 is 2.50 bits per heavy atom. The minimum atomic E-state index is -1.14. The minimum Gasteiger partial charge on any atom is -0.482 e. The van der Waals surface area contributed by atoms with E-state index in [1.165, 1.54) is 24.6 Å². The molecule has 1 aliphatic carbocycles. The fourth-order valence-corrected chi connectivity index (χ4v) is 5.14. The first-order chi connectivity index (χ1) is 18.1. The van der Waals surface area contributed by atoms with Gasteiger partial charge in [0, 0.05) is 36.5 Å². The Balaban J connectivity index is 1.49. The second-order valence-electron chi connectivity index (χ2n) is 10.1. The van der Waals surface area contributed by atoms with Gasteiger partial charge < -0.3 is 25.2 Å². The van der Waals surface area contributed by atoms with E-state index < -0.39 is 17.5 Å². The normalized spacial score (nSPS) is 19.1. The van der Waals surface area contributed by atoms with E-state index in [0.29, 0.717) is 29.9 Å². The number of carbonyl (C=O) groups excluding carboxylic acids is 1. The first-order valence-corrected chi connectivity index (χ1v) is 13.0. The third-order valence-electron chi connectivity index (χ3n) is 6.97. The van der Waals surface area contributed by atoms with E-state index in [9.17, 15) is 19.7 Å². The van der Waals surface area contributed by atoms with Gasteiger partial charge in [-0.1, -0.05) is 45.7 Å². The number of ether oxygens (including phenoxy) is 2. The van der Waals surface area contributed by atoms with Crippen molar-refractivity contribution in [1.82, 2.24) is 5.32 Å². The number of nitrogens with zero attached hydrogens (tertiary/aromatic N) is 1. The number of amides is 1. The number of rotatable bonds is 13. The van der Waals surface area contributed by atoms with E-state index in [0.717, 1.165) is 24.1 Å². The van der Waals surface area contributed by atoms with Crippen LogP contribution in [0.3, 0.4) is 0 Å². The van der Waals surface area contributed by atoms with Crippen molar-refractivity contribution in [3.05, 3.63) is 63.7 Å². The molecule has 0 radical (unpaired) electrons. The molecule has 10 heteroatoms. The second kappa shape index (κ2) is 13.8. The molecule has 0 heterocycles. The van der Waals surface area contributed by atoms with Crippen molar-refractivity contribution in [1.29, 1.82) is 0 Å². The Labute approximate surface area is 222 Å². The first kappa shape index (κ1) is 28.9. The van der Waals surface area contributed by atoms with Crippen molar-refractivity contribution in [2.45, 2.75) is 59.2 Å². The van der Waals surface area contributed by atoms with Gasteiger partial charge in [-0.05, 0) is 47.9 Å². The molecule has 0 saturated heterocycles. The Bertz CT molecular complexity index is 1100. The number of aliphatic carboxylic acids is 1. The van der Waals surface area contributed by atoms with E-state index in [2.05, 4.69) is 31.4 Å². The highest BCUT2D eigenvalue weighted by Gasteiger charge is 2.33. The van der Waals surface area contributed by atoms with Crippen LogP contribution in [0.4, 0.5) is 11.4 Å². The molecule has 10 nitrogen and oxygen atoms in total. The molecule has 0 aromatic heterocycles. The molecule has 3 rings (SSSR count). The van der Waals surface area contributed by atoms with Crippen molar-refractivity contribution in [2.75, 3.05) is 18.5 Å². The number of carbonyl (C=O) groups is 2. The summed E-state index contributed by atoms with van der Waals surface area (Å²) in [6, 6.07) is 11.4. The van der Waals surface area contributed by atoms with E-state index in [1.807, 2.05) is 24.3 Å². The highest BCUT2D eigenvalue weighted by Crippen LogP contribution is 2.36. The molecule has 3 N–H and O–H groups in total. The summed E-state index contributed by atoms with van der Waals surface area (Å²) in [5, 5.41) is 26.1. The van der Waals surface area contributed by atoms with Gasteiger partial charge in [0.2, 0.25) is 5.91 Å². The van der Waals surface area contributed by atoms with E-state index >= 15 is 0 Å². The minimum absolute atomic E-state index is 0.0513. The summed E-state index contributed by atoms with van der Waals surface area (Å²) in [6.07, 6.45) is 3.47. The van der Waals surface area contributed by atoms with Gasteiger partial charge >= 0.3 is 5.97 Å². The van der Waals surface area contributed by atoms with Crippen LogP contribution >= 0.6 is 0 Å². The highest BCUT2D eigenvalue weighted by molar-refractivity contribution is 5.77. The van der Waals surface area contributed by atoms with E-state index in [1.54, 1.807) is 0 Å². The highest BCUT2D eigenvalue weighted by atomic mass is 16.6. The van der Waals surface area contributed by atoms with Gasteiger partial charge in [0.25, 0.3) is 5.69 Å². The monoisotopic (exact) mass is 527 g/mol. The van der Waals surface area contributed by atoms with Crippen molar-refractivity contribution in [3.63, 3.8) is 0 Å². The predicted octanol–water partition coefficient (Wildman–Crippen LogP) is 4.76. The third kappa shape index (κ3) is 8.44. The van der Waals surface area contributed by atoms with E-state index in [4.69, 9.17) is 14.6 Å². The number of hydrogen-bond acceptors (Lipinski definition) is 7. The fourth-order valence-electron chi connectivity index (χ4n) is 5.14. The van der Waals surface area contributed by atoms with Crippen LogP contribution in [-0.4, -0.2) is 41.2 Å². The van der Waals surface area contributed by atoms with Gasteiger partial charge in [-0.15, -0.1) is 0 Å². The Hall–Kier alpha value is -3.66. The maximum atomic E-state index is 12.4. The molecule has 38 heavy (non-hydrogen) atoms. The number of nitro benzene ring substituents is 1. The van der Waals surface area contributed by atoms with Crippen LogP contribution < -0.4 is 15.4 Å². The lowest BCUT2D eigenvalue weighted by molar-refractivity contribution is -0.384. The molecule has 2 aromatic carbocycles. The Morgan fingerprint density at radius 2 is 1.84 bits per heavy atom. The largest absolute Gasteiger partial charge is 0.482 e. The van der Waals surface area contributed by atoms with Gasteiger partial charge in [-0.25, -0.2) is 4.79 Å². The number of nitrogens with one attached hydrogen (secondary N) is 2. The van der Waals surface area contributed by atoms with Crippen molar-refractivity contribution >= 4 is 23.3 Å². The quantitative estimate of drug-likeness (QED) is 0.250. The zero-order chi connectivity index (χ0) is 27.7. The molecule has 3 atom stereocenters. The van der Waals surface area contributed by atoms with Crippen LogP contribution in [-0.2, 0) is 27.4 Å². The summed E-state index contributed by atoms with van der Waals surface area (Å²) in [4.78, 5) is 33.9. The Morgan fingerprint density at radius 1 is 1.11 bits per heavy atom. The summed E-state index contributed by atoms with van der Waals surface area (Å²) < 4.78 is 11.3. The zero-order valence-electron chi connectivity index (χ0n) is 22.1. The molecule has 1 saturated carbocycles. The second-order valence-corrected chi connectivity index (χ2v) is 10.1. The van der Waals surface area contributed by atoms with Gasteiger partial charge in [-0.3, -0.25) is 14.9 Å². The maximum absolute atomic E-state index is 12.4. The summed E-state index contributed by atoms with van der Waals surface area (Å²) in [7, 11) is 0. The van der Waals surface area contributed by atoms with Crippen molar-refractivity contribution in [3.8, 4) is 5.75 Å². The summed E-state index contributed by atoms with van der Waals surface area (Å²) in [6.45, 7) is 6.78. The number of benzene rings is 2. The van der Waals surface area contributed by atoms with Crippen LogP contribution in [0.1, 0.15) is 51.2 Å². The van der Waals surface area contributed by atoms with Crippen LogP contribution in [0.5, 0.6) is 5.75 Å². The number of carboxylic acid groups (broad SMARTS) is 1. The lowest BCUT2D eigenvalue weighted by atomic mass is 9.72. The number of nitro groups is 1. The molecular formula is C28H37N3O7. The molecule has 206 valence electrons. The maximum Gasteiger partial charge on any atom is 0.341 e. The predicted molar refractivity (Wildman–Crippen MR) is 143 cm³/mol. The lowest BCUT2D eigenvalue weighted by Gasteiger charge is -2.38. The number of non-ortho nitro benzene ring substituents is 1. The van der Waals surface area contributed by atoms with Gasteiger partial charge in [0.1, 0.15) is 12.4 Å². The molecule has 1 aliphatic rings. The van der Waals surface area contributed by atoms with Crippen LogP contribution in [0.15, 0.2) is 42.5 Å². The summed E-state index contributed by atoms with van der Waals surface area (Å²) in [5.41, 5.74) is 2.02. The molecule has 0 bridgehead atoms. The third-order valence-corrected chi connectivity index (χ3v) is 6.97. The van der Waals surface area contributed by atoms with Crippen molar-refractivity contribution in [2.24, 2.45) is 17.8 Å². The SMILES string of the molecule is CC(C)C1C(C)CCCC1OCC(=O)NCc1ccc(NCc2cc([N+](=O)[O-])ccc2OCC(=O)O)cc1. The first-order valence-electron chi connectivity index (χ1n) is 13.0. The molecule has 0 spiro atoms. The lowest BCUT2D eigenvalue weighted by Crippen LogP contribution is -2.39. The van der Waals surface area contributed by atoms with Gasteiger partial charge in [0.05, 0.1) is 11.0 Å². The molecule has 1 amide bonds. The van der Waals surface area contributed by atoms with Crippen molar-refractivity contribution < 1.29 is 29.1 Å². The Kier molecular flexibility index (Phi) is 10.5. The van der Waals surface area contributed by atoms with Crippen LogP contribution in [0.25, 0.3) is 0 Å². The van der Waals surface area contributed by atoms with Crippen LogP contribution in [0, 0.1) is 27.9 Å². The summed E-state index contributed by atoms with van der Waals surface area (Å²) in [5.74, 6) is 0.566. The zero-order valence-corrected chi connectivity index (χ0v) is 22.1. The molecule has 0 aliphatic heterocycles. The van der Waals surface area contributed by atoms with Gasteiger partial charge in [0.15, 0.2) is 6.61 Å². The molecule has 2 aromatic rings. The average molecular weight is 528 g/mol. The van der Waals surface area contributed by atoms with E-state index in [-0.39, 0.29) is 36.6 Å². The molecule has 3 unspecified atom stereocenters. The standard InChI is InChI=1S/C28H37N3O7/c1-18(2)28-19(3)5-4-6-25(28)37-16-26(32)30-14-20-7-9-22(10-8-20)29-15-21-13-23(31(35)36)11-12-24(21)38-17-27(33)34/h7-13,18-19,25,28-29H,4-6,14-17H2,1-3H3,(H,30,32)(H,33,34). The average Bonchev–Trinajstić information content (AvgIpc) is 2.88. The number of anilines is 1. The fraction of sp³-hybridized carbons (Fsp3) is 0.500. The molecular weight excluding hydrogens is 490 g/mol. The van der Waals surface area contributed by atoms with Crippen LogP contribution in [0.2, 0.25) is 0 Å². The number of hydrogen-bond donors (Lipinski definition) is 3. The summed E-state index contributed by atoms with van der Waals surface area (Å²) >= 11 is 0. The number of carboxylic acids is 1. The van der Waals surface area contributed by atoms with Gasteiger partial charge in [-0.2, -0.15) is 0 Å². The smallest absolute Gasteiger partial charge is 0.341 e. The topological polar surface area (TPSA) is 140 Å².